The first-order valence-corrected chi connectivity index (χ1v) is 13.8. The highest BCUT2D eigenvalue weighted by Crippen LogP contribution is 2.52. The number of carbonyl (C=O) groups excluding carboxylic acids is 2. The van der Waals surface area contributed by atoms with Crippen LogP contribution in [0.15, 0.2) is 12.7 Å². The summed E-state index contributed by atoms with van der Waals surface area (Å²) in [5.41, 5.74) is 4.00. The maximum Gasteiger partial charge on any atom is 0.510 e. The molecule has 0 amide bonds. The highest BCUT2D eigenvalue weighted by Gasteiger charge is 2.56. The quantitative estimate of drug-likeness (QED) is 0.142. The molecule has 0 saturated carbocycles. The second-order valence-electron chi connectivity index (χ2n) is 9.26. The maximum atomic E-state index is 14.6. The van der Waals surface area contributed by atoms with Crippen molar-refractivity contribution in [1.82, 2.24) is 19.5 Å². The van der Waals surface area contributed by atoms with Crippen molar-refractivity contribution in [3.8, 4) is 12.3 Å². The first kappa shape index (κ1) is 32.9. The number of ether oxygens (including phenoxy) is 5. The largest absolute Gasteiger partial charge is 0.510 e. The number of carbonyl (C=O) groups is 2. The van der Waals surface area contributed by atoms with Gasteiger partial charge in [0.25, 0.3) is 0 Å². The molecule has 2 aromatic heterocycles. The Morgan fingerprint density at radius 2 is 1.74 bits per heavy atom. The van der Waals surface area contributed by atoms with E-state index in [4.69, 9.17) is 39.9 Å². The van der Waals surface area contributed by atoms with Crippen LogP contribution in [0.3, 0.4) is 0 Å². The van der Waals surface area contributed by atoms with Crippen LogP contribution in [0, 0.1) is 18.3 Å². The Balaban J connectivity index is 1.78. The van der Waals surface area contributed by atoms with Gasteiger partial charge in [-0.05, 0) is 27.7 Å². The van der Waals surface area contributed by atoms with Crippen molar-refractivity contribution >= 4 is 37.1 Å². The van der Waals surface area contributed by atoms with Crippen LogP contribution in [0.2, 0.25) is 0 Å². The SMILES string of the molecule is C#CC1C(n2cnc3c(N)ncnc32)OC(CF)(COP(=O)(OCOC(=O)OC(C)C)OCOC(=O)OC(C)C)C1O. The number of fused-ring (bicyclic) bond motifs is 1. The van der Waals surface area contributed by atoms with Gasteiger partial charge in [-0.1, -0.05) is 5.92 Å². The Morgan fingerprint density at radius 1 is 1.14 bits per heavy atom. The van der Waals surface area contributed by atoms with Crippen molar-refractivity contribution < 1.29 is 60.9 Å². The minimum Gasteiger partial charge on any atom is -0.432 e. The summed E-state index contributed by atoms with van der Waals surface area (Å²) in [6.45, 7) is 1.85. The zero-order valence-electron chi connectivity index (χ0n) is 23.1. The third-order valence-corrected chi connectivity index (χ3v) is 6.82. The number of alkyl halides is 1. The van der Waals surface area contributed by atoms with Crippen molar-refractivity contribution in [2.75, 3.05) is 32.6 Å². The van der Waals surface area contributed by atoms with Crippen LogP contribution in [-0.4, -0.2) is 87.7 Å². The van der Waals surface area contributed by atoms with E-state index in [1.165, 1.54) is 17.2 Å². The number of nitrogen functional groups attached to an aromatic ring is 1. The summed E-state index contributed by atoms with van der Waals surface area (Å²) in [6, 6.07) is 0. The monoisotopic (exact) mass is 619 g/mol. The molecule has 2 aromatic rings. The standard InChI is InChI=1S/C23H31FN5O12P/c1-6-15-17(30)23(7-24,41-20(15)29-10-28-16-18(25)26-9-27-19(16)29)8-36-42(33,37-11-34-21(31)39-13(2)3)38-12-35-22(32)40-14(4)5/h1,9-10,13-15,17,20,30H,7-8,11-12H2,2-5H3,(H2,25,26,27). The number of phosphoric acid groups is 1. The molecule has 3 N–H and O–H groups in total. The number of aliphatic hydroxyl groups is 1. The summed E-state index contributed by atoms with van der Waals surface area (Å²) in [6.07, 6.45) is 1.72. The molecule has 4 atom stereocenters. The van der Waals surface area contributed by atoms with E-state index in [1.54, 1.807) is 27.7 Å². The Bertz CT molecular complexity index is 1300. The first-order chi connectivity index (χ1) is 19.8. The minimum absolute atomic E-state index is 0.0591. The molecule has 17 nitrogen and oxygen atoms in total. The number of hydrogen-bond acceptors (Lipinski definition) is 16. The first-order valence-electron chi connectivity index (χ1n) is 12.4. The Hall–Kier alpha value is -3.59. The lowest BCUT2D eigenvalue weighted by Gasteiger charge is -2.30. The molecule has 0 spiro atoms. The maximum absolute atomic E-state index is 14.6. The number of imidazole rings is 1. The van der Waals surface area contributed by atoms with Crippen LogP contribution in [0.5, 0.6) is 0 Å². The number of hydrogen-bond donors (Lipinski definition) is 2. The molecule has 1 fully saturated rings. The number of aliphatic hydroxyl groups excluding tert-OH is 1. The lowest BCUT2D eigenvalue weighted by molar-refractivity contribution is -0.138. The van der Waals surface area contributed by atoms with Crippen molar-refractivity contribution in [2.24, 2.45) is 5.92 Å². The normalized spacial score (nSPS) is 22.3. The fourth-order valence-corrected chi connectivity index (χ4v) is 4.59. The van der Waals surface area contributed by atoms with Gasteiger partial charge in [0.1, 0.15) is 30.2 Å². The van der Waals surface area contributed by atoms with E-state index in [0.29, 0.717) is 0 Å². The number of nitrogens with zero attached hydrogens (tertiary/aromatic N) is 4. The molecule has 0 bridgehead atoms. The van der Waals surface area contributed by atoms with Gasteiger partial charge in [-0.15, -0.1) is 6.42 Å². The summed E-state index contributed by atoms with van der Waals surface area (Å²) in [7, 11) is -4.82. The van der Waals surface area contributed by atoms with Crippen molar-refractivity contribution in [3.63, 3.8) is 0 Å². The van der Waals surface area contributed by atoms with Gasteiger partial charge < -0.3 is 34.5 Å². The van der Waals surface area contributed by atoms with Crippen LogP contribution in [-0.2, 0) is 41.8 Å². The number of terminal acetylenes is 1. The van der Waals surface area contributed by atoms with E-state index in [0.717, 1.165) is 0 Å². The molecule has 4 unspecified atom stereocenters. The number of nitrogens with two attached hydrogens (primary N) is 1. The van der Waals surface area contributed by atoms with Gasteiger partial charge in [-0.3, -0.25) is 9.09 Å². The van der Waals surface area contributed by atoms with E-state index in [-0.39, 0.29) is 17.0 Å². The fraction of sp³-hybridized carbons (Fsp3) is 0.609. The fourth-order valence-electron chi connectivity index (χ4n) is 3.63. The number of anilines is 1. The highest BCUT2D eigenvalue weighted by atomic mass is 31.2. The molecule has 0 radical (unpaired) electrons. The van der Waals surface area contributed by atoms with Gasteiger partial charge in [0.05, 0.1) is 31.1 Å². The smallest absolute Gasteiger partial charge is 0.432 e. The molecule has 3 heterocycles. The van der Waals surface area contributed by atoms with Gasteiger partial charge in [0.2, 0.25) is 13.6 Å². The molecule has 19 heteroatoms. The Morgan fingerprint density at radius 3 is 2.26 bits per heavy atom. The van der Waals surface area contributed by atoms with E-state index in [2.05, 4.69) is 30.3 Å². The summed E-state index contributed by atoms with van der Waals surface area (Å²) in [5.74, 6) is 1.23. The molecule has 0 aliphatic carbocycles. The van der Waals surface area contributed by atoms with Crippen LogP contribution in [0.4, 0.5) is 19.8 Å². The predicted octanol–water partition coefficient (Wildman–Crippen LogP) is 2.45. The Labute approximate surface area is 239 Å². The zero-order chi connectivity index (χ0) is 31.1. The Kier molecular flexibility index (Phi) is 11.0. The topological polar surface area (TPSA) is 215 Å². The average Bonchev–Trinajstić information content (AvgIpc) is 3.46. The molecule has 42 heavy (non-hydrogen) atoms. The lowest BCUT2D eigenvalue weighted by atomic mass is 9.91. The van der Waals surface area contributed by atoms with Crippen LogP contribution in [0.1, 0.15) is 33.9 Å². The van der Waals surface area contributed by atoms with Crippen LogP contribution >= 0.6 is 7.82 Å². The zero-order valence-corrected chi connectivity index (χ0v) is 24.0. The van der Waals surface area contributed by atoms with Gasteiger partial charge >= 0.3 is 20.1 Å². The molecule has 1 aliphatic rings. The van der Waals surface area contributed by atoms with Gasteiger partial charge in [0, 0.05) is 0 Å². The molecular formula is C23H31FN5O12P. The summed E-state index contributed by atoms with van der Waals surface area (Å²) < 4.78 is 69.2. The number of aromatic nitrogens is 4. The van der Waals surface area contributed by atoms with Gasteiger partial charge in [-0.25, -0.2) is 42.5 Å². The number of phosphoric ester groups is 1. The predicted molar refractivity (Wildman–Crippen MR) is 138 cm³/mol. The highest BCUT2D eigenvalue weighted by molar-refractivity contribution is 7.48. The van der Waals surface area contributed by atoms with Crippen molar-refractivity contribution in [2.45, 2.75) is 57.8 Å². The second-order valence-corrected chi connectivity index (χ2v) is 10.9. The number of rotatable bonds is 13. The van der Waals surface area contributed by atoms with Crippen LogP contribution < -0.4 is 5.73 Å². The van der Waals surface area contributed by atoms with E-state index < -0.39 is 83.1 Å². The van der Waals surface area contributed by atoms with E-state index in [1.807, 2.05) is 0 Å². The number of halogens is 1. The molecule has 1 saturated heterocycles. The second kappa shape index (κ2) is 14.1. The summed E-state index contributed by atoms with van der Waals surface area (Å²) in [4.78, 5) is 35.4. The van der Waals surface area contributed by atoms with Crippen LogP contribution in [0.25, 0.3) is 11.2 Å². The van der Waals surface area contributed by atoms with E-state index >= 15 is 0 Å². The summed E-state index contributed by atoms with van der Waals surface area (Å²) in [5, 5.41) is 11.0. The van der Waals surface area contributed by atoms with Crippen molar-refractivity contribution in [1.29, 1.82) is 0 Å². The molecule has 0 aromatic carbocycles. The molecule has 232 valence electrons. The van der Waals surface area contributed by atoms with Crippen molar-refractivity contribution in [3.05, 3.63) is 12.7 Å². The third-order valence-electron chi connectivity index (χ3n) is 5.53. The third kappa shape index (κ3) is 7.82. The molecular weight excluding hydrogens is 588 g/mol. The summed E-state index contributed by atoms with van der Waals surface area (Å²) >= 11 is 0. The lowest BCUT2D eigenvalue weighted by Crippen LogP contribution is -2.47. The van der Waals surface area contributed by atoms with Gasteiger partial charge in [-0.2, -0.15) is 0 Å². The molecule has 1 aliphatic heterocycles. The molecule has 3 rings (SSSR count). The van der Waals surface area contributed by atoms with E-state index in [9.17, 15) is 23.7 Å². The average molecular weight is 619 g/mol. The van der Waals surface area contributed by atoms with Gasteiger partial charge in [0.15, 0.2) is 17.7 Å². The minimum atomic E-state index is -4.82.